The highest BCUT2D eigenvalue weighted by Crippen LogP contribution is 2.22. The molecule has 1 aromatic heterocycles. The van der Waals surface area contributed by atoms with Crippen molar-refractivity contribution in [3.05, 3.63) is 74.6 Å². The van der Waals surface area contributed by atoms with Gasteiger partial charge in [0, 0.05) is 19.2 Å². The van der Waals surface area contributed by atoms with E-state index in [0.717, 1.165) is 5.56 Å². The number of H-pyrrole nitrogens is 1. The molecular formula is C20H20N4O6. The van der Waals surface area contributed by atoms with Gasteiger partial charge in [0.05, 0.1) is 25.7 Å². The molecule has 0 bridgehead atoms. The SMILES string of the molecule is COC(=O)C(Cc1c[nH]cn1)NC(=O)CN(Cc1ccccc1)c1c(O)c(=O)c1=O. The molecule has 0 aliphatic heterocycles. The third kappa shape index (κ3) is 4.54. The summed E-state index contributed by atoms with van der Waals surface area (Å²) < 4.78 is 4.74. The summed E-state index contributed by atoms with van der Waals surface area (Å²) in [6, 6.07) is 7.95. The topological polar surface area (TPSA) is 142 Å². The first-order chi connectivity index (χ1) is 14.4. The summed E-state index contributed by atoms with van der Waals surface area (Å²) in [7, 11) is 1.20. The number of imidazole rings is 1. The Labute approximate surface area is 170 Å². The quantitative estimate of drug-likeness (QED) is 0.319. The van der Waals surface area contributed by atoms with Gasteiger partial charge in [0.1, 0.15) is 11.7 Å². The van der Waals surface area contributed by atoms with Crippen molar-refractivity contribution in [2.45, 2.75) is 19.0 Å². The highest BCUT2D eigenvalue weighted by atomic mass is 16.5. The standard InChI is InChI=1S/C20H20N4O6/c1-30-20(29)14(7-13-8-21-11-22-13)23-15(25)10-24(9-12-5-3-2-4-6-12)16-17(26)19(28)18(16)27/h2-6,8,11,14,26H,7,9-10H2,1H3,(H,21,22)(H,23,25). The van der Waals surface area contributed by atoms with Crippen LogP contribution in [-0.4, -0.2) is 46.6 Å². The Hall–Kier alpha value is -3.95. The molecule has 1 amide bonds. The summed E-state index contributed by atoms with van der Waals surface area (Å²) in [5.74, 6) is -1.92. The molecule has 0 radical (unpaired) electrons. The van der Waals surface area contributed by atoms with Gasteiger partial charge in [0.25, 0.3) is 10.9 Å². The molecule has 156 valence electrons. The summed E-state index contributed by atoms with van der Waals surface area (Å²) in [6.07, 6.45) is 3.14. The van der Waals surface area contributed by atoms with Crippen LogP contribution in [0.2, 0.25) is 0 Å². The van der Waals surface area contributed by atoms with Gasteiger partial charge in [-0.15, -0.1) is 0 Å². The zero-order valence-electron chi connectivity index (χ0n) is 16.1. The maximum Gasteiger partial charge on any atom is 0.328 e. The number of aromatic amines is 1. The molecule has 0 aliphatic carbocycles. The van der Waals surface area contributed by atoms with E-state index < -0.39 is 34.5 Å². The summed E-state index contributed by atoms with van der Waals surface area (Å²) in [6.45, 7) is -0.254. The third-order valence-corrected chi connectivity index (χ3v) is 4.52. The normalized spacial score (nSPS) is 11.8. The highest BCUT2D eigenvalue weighted by Gasteiger charge is 2.29. The van der Waals surface area contributed by atoms with Crippen LogP contribution < -0.4 is 21.1 Å². The van der Waals surface area contributed by atoms with Crippen molar-refractivity contribution in [3.8, 4) is 5.75 Å². The summed E-state index contributed by atoms with van der Waals surface area (Å²) in [5.41, 5.74) is -0.765. The minimum Gasteiger partial charge on any atom is -0.502 e. The van der Waals surface area contributed by atoms with Crippen molar-refractivity contribution in [2.24, 2.45) is 0 Å². The number of ether oxygens (including phenoxy) is 1. The van der Waals surface area contributed by atoms with Crippen LogP contribution in [0.4, 0.5) is 5.69 Å². The summed E-state index contributed by atoms with van der Waals surface area (Å²) in [5, 5.41) is 12.4. The molecule has 3 N–H and O–H groups in total. The Morgan fingerprint density at radius 3 is 2.57 bits per heavy atom. The number of anilines is 1. The fourth-order valence-corrected chi connectivity index (χ4v) is 3.04. The average molecular weight is 412 g/mol. The van der Waals surface area contributed by atoms with Crippen LogP contribution in [0, 0.1) is 0 Å². The number of nitrogens with zero attached hydrogens (tertiary/aromatic N) is 2. The fourth-order valence-electron chi connectivity index (χ4n) is 3.04. The Morgan fingerprint density at radius 2 is 1.97 bits per heavy atom. The smallest absolute Gasteiger partial charge is 0.328 e. The Bertz CT molecular complexity index is 1090. The number of carbonyl (C=O) groups is 2. The number of methoxy groups -OCH3 is 1. The fraction of sp³-hybridized carbons (Fsp3) is 0.250. The van der Waals surface area contributed by atoms with E-state index in [0.29, 0.717) is 5.69 Å². The van der Waals surface area contributed by atoms with Crippen LogP contribution >= 0.6 is 0 Å². The highest BCUT2D eigenvalue weighted by molar-refractivity contribution is 5.87. The molecule has 30 heavy (non-hydrogen) atoms. The van der Waals surface area contributed by atoms with Gasteiger partial charge < -0.3 is 25.0 Å². The van der Waals surface area contributed by atoms with Crippen molar-refractivity contribution in [2.75, 3.05) is 18.6 Å². The lowest BCUT2D eigenvalue weighted by Gasteiger charge is -2.26. The van der Waals surface area contributed by atoms with E-state index in [1.165, 1.54) is 18.3 Å². The summed E-state index contributed by atoms with van der Waals surface area (Å²) in [4.78, 5) is 56.2. The number of aromatic hydroxyl groups is 1. The van der Waals surface area contributed by atoms with E-state index in [1.54, 1.807) is 30.5 Å². The maximum absolute atomic E-state index is 12.7. The van der Waals surface area contributed by atoms with Gasteiger partial charge in [-0.2, -0.15) is 0 Å². The van der Waals surface area contributed by atoms with Crippen molar-refractivity contribution >= 4 is 17.6 Å². The molecule has 10 nitrogen and oxygen atoms in total. The lowest BCUT2D eigenvalue weighted by atomic mass is 10.1. The summed E-state index contributed by atoms with van der Waals surface area (Å²) >= 11 is 0. The first-order valence-electron chi connectivity index (χ1n) is 9.06. The number of rotatable bonds is 9. The minimum absolute atomic E-state index is 0.103. The van der Waals surface area contributed by atoms with E-state index in [2.05, 4.69) is 15.3 Å². The van der Waals surface area contributed by atoms with Crippen LogP contribution in [-0.2, 0) is 27.3 Å². The van der Waals surface area contributed by atoms with Crippen molar-refractivity contribution in [3.63, 3.8) is 0 Å². The molecular weight excluding hydrogens is 392 g/mol. The molecule has 0 saturated heterocycles. The molecule has 0 spiro atoms. The predicted molar refractivity (Wildman–Crippen MR) is 107 cm³/mol. The Balaban J connectivity index is 1.77. The van der Waals surface area contributed by atoms with Gasteiger partial charge in [0.15, 0.2) is 5.75 Å². The van der Waals surface area contributed by atoms with E-state index in [1.807, 2.05) is 6.07 Å². The number of benzene rings is 1. The van der Waals surface area contributed by atoms with E-state index in [4.69, 9.17) is 4.74 Å². The van der Waals surface area contributed by atoms with Gasteiger partial charge >= 0.3 is 5.97 Å². The zero-order chi connectivity index (χ0) is 21.7. The molecule has 0 aliphatic rings. The van der Waals surface area contributed by atoms with E-state index >= 15 is 0 Å². The molecule has 0 fully saturated rings. The number of hydrogen-bond donors (Lipinski definition) is 3. The molecule has 2 aromatic carbocycles. The lowest BCUT2D eigenvalue weighted by Crippen LogP contribution is -2.49. The molecule has 1 heterocycles. The number of esters is 1. The second-order valence-electron chi connectivity index (χ2n) is 6.61. The molecule has 3 aromatic rings. The van der Waals surface area contributed by atoms with Crippen molar-refractivity contribution in [1.82, 2.24) is 15.3 Å². The second-order valence-corrected chi connectivity index (χ2v) is 6.61. The molecule has 0 saturated carbocycles. The lowest BCUT2D eigenvalue weighted by molar-refractivity contribution is -0.144. The Kier molecular flexibility index (Phi) is 6.26. The van der Waals surface area contributed by atoms with Crippen molar-refractivity contribution < 1.29 is 19.4 Å². The van der Waals surface area contributed by atoms with Gasteiger partial charge in [-0.05, 0) is 5.56 Å². The molecule has 1 unspecified atom stereocenters. The number of nitrogens with one attached hydrogen (secondary N) is 2. The Morgan fingerprint density at radius 1 is 1.23 bits per heavy atom. The molecule has 1 atom stereocenters. The van der Waals surface area contributed by atoms with E-state index in [9.17, 15) is 24.3 Å². The monoisotopic (exact) mass is 412 g/mol. The third-order valence-electron chi connectivity index (χ3n) is 4.52. The minimum atomic E-state index is -0.995. The average Bonchev–Trinajstić information content (AvgIpc) is 3.26. The van der Waals surface area contributed by atoms with Crippen LogP contribution in [0.1, 0.15) is 11.3 Å². The van der Waals surface area contributed by atoms with Gasteiger partial charge in [-0.25, -0.2) is 9.78 Å². The van der Waals surface area contributed by atoms with Crippen LogP contribution in [0.15, 0.2) is 52.4 Å². The number of amides is 1. The molecule has 10 heteroatoms. The van der Waals surface area contributed by atoms with Crippen LogP contribution in [0.3, 0.4) is 0 Å². The number of aromatic nitrogens is 2. The largest absolute Gasteiger partial charge is 0.502 e. The van der Waals surface area contributed by atoms with Crippen LogP contribution in [0.5, 0.6) is 5.75 Å². The van der Waals surface area contributed by atoms with Crippen molar-refractivity contribution in [1.29, 1.82) is 0 Å². The van der Waals surface area contributed by atoms with Gasteiger partial charge in [0.2, 0.25) is 5.91 Å². The second kappa shape index (κ2) is 9.03. The predicted octanol–water partition coefficient (Wildman–Crippen LogP) is -0.382. The molecule has 3 rings (SSSR count). The number of hydrogen-bond acceptors (Lipinski definition) is 8. The first-order valence-corrected chi connectivity index (χ1v) is 9.06. The van der Waals surface area contributed by atoms with Gasteiger partial charge in [-0.3, -0.25) is 14.4 Å². The number of carbonyl (C=O) groups excluding carboxylic acids is 2. The maximum atomic E-state index is 12.7. The van der Waals surface area contributed by atoms with E-state index in [-0.39, 0.29) is 25.2 Å². The first kappa shape index (κ1) is 20.8. The van der Waals surface area contributed by atoms with Crippen LogP contribution in [0.25, 0.3) is 0 Å². The van der Waals surface area contributed by atoms with Gasteiger partial charge in [-0.1, -0.05) is 30.3 Å². The zero-order valence-corrected chi connectivity index (χ0v) is 16.1.